The lowest BCUT2D eigenvalue weighted by atomic mass is 10.1. The molecule has 0 saturated heterocycles. The first-order valence-corrected chi connectivity index (χ1v) is 8.79. The molecule has 4 nitrogen and oxygen atoms in total. The summed E-state index contributed by atoms with van der Waals surface area (Å²) in [5, 5.41) is 3.63. The molecule has 0 saturated carbocycles. The van der Waals surface area contributed by atoms with Gasteiger partial charge in [0.25, 0.3) is 0 Å². The van der Waals surface area contributed by atoms with E-state index in [9.17, 15) is 4.79 Å². The number of carbonyl (C=O) groups excluding carboxylic acids is 1. The molecule has 0 heterocycles. The molecule has 0 atom stereocenters. The zero-order valence-electron chi connectivity index (χ0n) is 14.9. The summed E-state index contributed by atoms with van der Waals surface area (Å²) in [7, 11) is 0. The summed E-state index contributed by atoms with van der Waals surface area (Å²) in [5.74, 6) is 1.55. The Labute approximate surface area is 154 Å². The van der Waals surface area contributed by atoms with Crippen LogP contribution in [0.1, 0.15) is 30.9 Å². The quantitative estimate of drug-likeness (QED) is 0.661. The summed E-state index contributed by atoms with van der Waals surface area (Å²) in [6, 6.07) is 11.2. The number of anilines is 1. The lowest BCUT2D eigenvalue weighted by molar-refractivity contribution is -0.116. The Morgan fingerprint density at radius 3 is 2.28 bits per heavy atom. The molecule has 0 radical (unpaired) electrons. The number of benzene rings is 2. The van der Waals surface area contributed by atoms with E-state index in [0.29, 0.717) is 26.1 Å². The highest BCUT2D eigenvalue weighted by Gasteiger charge is 2.05. The fraction of sp³-hybridized carbons (Fsp3) is 0.350. The minimum atomic E-state index is -0.0313. The number of ether oxygens (including phenoxy) is 2. The number of hydrogen-bond donors (Lipinski definition) is 1. The zero-order chi connectivity index (χ0) is 18.2. The smallest absolute Gasteiger partial charge is 0.224 e. The number of halogens is 1. The second-order valence-corrected chi connectivity index (χ2v) is 6.21. The fourth-order valence-corrected chi connectivity index (χ4v) is 2.55. The van der Waals surface area contributed by atoms with Crippen LogP contribution in [0.25, 0.3) is 0 Å². The van der Waals surface area contributed by atoms with Gasteiger partial charge >= 0.3 is 0 Å². The third-order valence-corrected chi connectivity index (χ3v) is 4.27. The van der Waals surface area contributed by atoms with Crippen molar-refractivity contribution in [2.45, 2.75) is 33.6 Å². The molecule has 0 aliphatic rings. The van der Waals surface area contributed by atoms with Crippen molar-refractivity contribution in [3.05, 3.63) is 52.5 Å². The topological polar surface area (TPSA) is 47.6 Å². The maximum Gasteiger partial charge on any atom is 0.224 e. The highest BCUT2D eigenvalue weighted by Crippen LogP contribution is 2.26. The number of nitrogens with one attached hydrogen (secondary N) is 1. The van der Waals surface area contributed by atoms with Crippen molar-refractivity contribution in [1.29, 1.82) is 0 Å². The maximum absolute atomic E-state index is 12.0. The van der Waals surface area contributed by atoms with Gasteiger partial charge in [0.2, 0.25) is 5.91 Å². The van der Waals surface area contributed by atoms with Gasteiger partial charge in [-0.3, -0.25) is 4.79 Å². The van der Waals surface area contributed by atoms with E-state index in [1.54, 1.807) is 0 Å². The molecule has 2 aromatic carbocycles. The Hall–Kier alpha value is -2.20. The van der Waals surface area contributed by atoms with Crippen LogP contribution in [0.5, 0.6) is 11.5 Å². The minimum Gasteiger partial charge on any atom is -0.494 e. The molecule has 0 aliphatic heterocycles. The van der Waals surface area contributed by atoms with Crippen LogP contribution in [0.4, 0.5) is 5.69 Å². The number of hydrogen-bond acceptors (Lipinski definition) is 3. The Morgan fingerprint density at radius 2 is 1.68 bits per heavy atom. The van der Waals surface area contributed by atoms with Crippen molar-refractivity contribution >= 4 is 23.2 Å². The monoisotopic (exact) mass is 361 g/mol. The third kappa shape index (κ3) is 5.98. The van der Waals surface area contributed by atoms with E-state index in [4.69, 9.17) is 21.1 Å². The molecule has 0 unspecified atom stereocenters. The highest BCUT2D eigenvalue weighted by atomic mass is 35.5. The van der Waals surface area contributed by atoms with Crippen LogP contribution >= 0.6 is 11.6 Å². The summed E-state index contributed by atoms with van der Waals surface area (Å²) in [6.45, 7) is 6.94. The standard InChI is InChI=1S/C20H24ClNO3/c1-4-24-17-9-7-16(8-10-17)22-19(23)6-5-11-25-18-12-14(2)20(21)15(3)13-18/h7-10,12-13H,4-6,11H2,1-3H3,(H,22,23). The second-order valence-electron chi connectivity index (χ2n) is 5.83. The van der Waals surface area contributed by atoms with Crippen molar-refractivity contribution < 1.29 is 14.3 Å². The van der Waals surface area contributed by atoms with Crippen LogP contribution in [-0.2, 0) is 4.79 Å². The van der Waals surface area contributed by atoms with Crippen molar-refractivity contribution in [2.75, 3.05) is 18.5 Å². The molecule has 1 N–H and O–H groups in total. The van der Waals surface area contributed by atoms with Crippen LogP contribution in [0.2, 0.25) is 5.02 Å². The van der Waals surface area contributed by atoms with Crippen molar-refractivity contribution in [2.24, 2.45) is 0 Å². The molecule has 0 fully saturated rings. The van der Waals surface area contributed by atoms with Gasteiger partial charge in [-0.15, -0.1) is 0 Å². The van der Waals surface area contributed by atoms with Crippen LogP contribution in [0, 0.1) is 13.8 Å². The maximum atomic E-state index is 12.0. The summed E-state index contributed by atoms with van der Waals surface area (Å²) >= 11 is 6.14. The van der Waals surface area contributed by atoms with Crippen LogP contribution in [0.3, 0.4) is 0 Å². The van der Waals surface area contributed by atoms with E-state index < -0.39 is 0 Å². The van der Waals surface area contributed by atoms with Gasteiger partial charge in [-0.05, 0) is 74.7 Å². The van der Waals surface area contributed by atoms with E-state index in [2.05, 4.69) is 5.32 Å². The first-order valence-electron chi connectivity index (χ1n) is 8.42. The molecule has 0 spiro atoms. The minimum absolute atomic E-state index is 0.0313. The molecule has 134 valence electrons. The van der Waals surface area contributed by atoms with Crippen molar-refractivity contribution in [1.82, 2.24) is 0 Å². The summed E-state index contributed by atoms with van der Waals surface area (Å²) in [5.41, 5.74) is 2.74. The van der Waals surface area contributed by atoms with Crippen molar-refractivity contribution in [3.63, 3.8) is 0 Å². The van der Waals surface area contributed by atoms with Crippen LogP contribution in [-0.4, -0.2) is 19.1 Å². The van der Waals surface area contributed by atoms with Crippen molar-refractivity contribution in [3.8, 4) is 11.5 Å². The summed E-state index contributed by atoms with van der Waals surface area (Å²) in [4.78, 5) is 12.0. The van der Waals surface area contributed by atoms with E-state index >= 15 is 0 Å². The van der Waals surface area contributed by atoms with Gasteiger partial charge < -0.3 is 14.8 Å². The van der Waals surface area contributed by atoms with Gasteiger partial charge in [0.05, 0.1) is 13.2 Å². The number of amides is 1. The first kappa shape index (κ1) is 19.1. The molecule has 0 aromatic heterocycles. The predicted octanol–water partition coefficient (Wildman–Crippen LogP) is 5.15. The van der Waals surface area contributed by atoms with E-state index in [1.165, 1.54) is 0 Å². The molecule has 2 aromatic rings. The Bertz CT molecular complexity index is 690. The SMILES string of the molecule is CCOc1ccc(NC(=O)CCCOc2cc(C)c(Cl)c(C)c2)cc1. The summed E-state index contributed by atoms with van der Waals surface area (Å²) < 4.78 is 11.1. The molecule has 5 heteroatoms. The molecule has 0 aliphatic carbocycles. The zero-order valence-corrected chi connectivity index (χ0v) is 15.7. The van der Waals surface area contributed by atoms with Gasteiger partial charge in [-0.2, -0.15) is 0 Å². The fourth-order valence-electron chi connectivity index (χ4n) is 2.44. The number of rotatable bonds is 8. The Morgan fingerprint density at radius 1 is 1.04 bits per heavy atom. The summed E-state index contributed by atoms with van der Waals surface area (Å²) in [6.07, 6.45) is 1.04. The molecule has 25 heavy (non-hydrogen) atoms. The molecular formula is C20H24ClNO3. The normalized spacial score (nSPS) is 10.4. The van der Waals surface area contributed by atoms with Gasteiger partial charge in [-0.25, -0.2) is 0 Å². The number of aryl methyl sites for hydroxylation is 2. The lowest BCUT2D eigenvalue weighted by Crippen LogP contribution is -2.12. The molecule has 2 rings (SSSR count). The van der Waals surface area contributed by atoms with Gasteiger partial charge in [-0.1, -0.05) is 11.6 Å². The van der Waals surface area contributed by atoms with Gasteiger partial charge in [0.1, 0.15) is 11.5 Å². The van der Waals surface area contributed by atoms with E-state index in [-0.39, 0.29) is 5.91 Å². The first-order chi connectivity index (χ1) is 12.0. The van der Waals surface area contributed by atoms with Crippen LogP contribution in [0.15, 0.2) is 36.4 Å². The average molecular weight is 362 g/mol. The second kappa shape index (κ2) is 9.33. The molecular weight excluding hydrogens is 338 g/mol. The van der Waals surface area contributed by atoms with Crippen LogP contribution < -0.4 is 14.8 Å². The largest absolute Gasteiger partial charge is 0.494 e. The Balaban J connectivity index is 1.73. The highest BCUT2D eigenvalue weighted by molar-refractivity contribution is 6.32. The third-order valence-electron chi connectivity index (χ3n) is 3.68. The molecule has 0 bridgehead atoms. The molecule has 1 amide bonds. The number of carbonyl (C=O) groups is 1. The lowest BCUT2D eigenvalue weighted by Gasteiger charge is -2.10. The average Bonchev–Trinajstić information content (AvgIpc) is 2.58. The Kier molecular flexibility index (Phi) is 7.14. The van der Waals surface area contributed by atoms with Gasteiger partial charge in [0.15, 0.2) is 0 Å². The van der Waals surface area contributed by atoms with E-state index in [0.717, 1.165) is 33.3 Å². The van der Waals surface area contributed by atoms with E-state index in [1.807, 2.05) is 57.2 Å². The predicted molar refractivity (Wildman–Crippen MR) is 102 cm³/mol. The van der Waals surface area contributed by atoms with Gasteiger partial charge in [0, 0.05) is 17.1 Å².